The summed E-state index contributed by atoms with van der Waals surface area (Å²) in [6.07, 6.45) is 0. The third-order valence-electron chi connectivity index (χ3n) is 7.30. The van der Waals surface area contributed by atoms with E-state index in [4.69, 9.17) is 70.8 Å². The van der Waals surface area contributed by atoms with Gasteiger partial charge < -0.3 is 70.8 Å². The third-order valence-corrected chi connectivity index (χ3v) is 7.30. The lowest BCUT2D eigenvalue weighted by atomic mass is 10.4. The van der Waals surface area contributed by atoms with Gasteiger partial charge in [0.1, 0.15) is 0 Å². The van der Waals surface area contributed by atoms with Crippen molar-refractivity contribution in [3.05, 3.63) is 0 Å². The van der Waals surface area contributed by atoms with Crippen LogP contribution >= 0.6 is 0 Å². The van der Waals surface area contributed by atoms with E-state index in [2.05, 4.69) is 0 Å². The molecule has 0 saturated carbocycles. The average Bonchev–Trinajstić information content (AvgIpc) is 3.11. The van der Waals surface area contributed by atoms with Gasteiger partial charge in [0.25, 0.3) is 0 Å². The van der Waals surface area contributed by atoms with Crippen molar-refractivity contribution in [2.75, 3.05) is 151 Å². The maximum Gasteiger partial charge on any atom is 0.317 e. The molecule has 0 amide bonds. The van der Waals surface area contributed by atoms with Gasteiger partial charge in [0.15, 0.2) is 0 Å². The fourth-order valence-electron chi connectivity index (χ4n) is 4.86. The Morgan fingerprint density at radius 1 is 0.246 bits per heavy atom. The van der Waals surface area contributed by atoms with Crippen molar-refractivity contribution in [2.24, 2.45) is 0 Å². The van der Waals surface area contributed by atoms with E-state index in [1.165, 1.54) is 19.6 Å². The largest absolute Gasteiger partial charge is 0.480 e. The SMILES string of the molecule is O=C(O)CN(CCN(CC(=O)O)CC(=O)O)CC(=O)O.O=C(O)CN(CCO)CCN(CC(=O)O)CC(=O)O.O=C(O)CN(CCOCCOCCN(CC(=O)O)CC(=O)O)CC(=O)O. The van der Waals surface area contributed by atoms with E-state index in [-0.39, 0.29) is 85.4 Å². The summed E-state index contributed by atoms with van der Waals surface area (Å²) >= 11 is 0. The zero-order valence-corrected chi connectivity index (χ0v) is 35.1. The highest BCUT2D eigenvalue weighted by Gasteiger charge is 2.19. The fraction of sp³-hybridized carbons (Fsp3) is 0.676. The van der Waals surface area contributed by atoms with E-state index in [0.717, 1.165) is 9.80 Å². The van der Waals surface area contributed by atoms with Crippen LogP contribution in [-0.2, 0) is 62.2 Å². The Bertz CT molecular complexity index is 1360. The predicted molar refractivity (Wildman–Crippen MR) is 211 cm³/mol. The minimum absolute atomic E-state index is 0.0703. The molecule has 0 aromatic heterocycles. The number of carboxylic acid groups (broad SMARTS) is 11. The minimum atomic E-state index is -1.23. The second kappa shape index (κ2) is 38.3. The number of aliphatic hydroxyl groups is 1. The molecule has 0 aromatic rings. The van der Waals surface area contributed by atoms with Gasteiger partial charge in [-0.1, -0.05) is 0 Å². The molecular formula is C34H58N6O25. The maximum absolute atomic E-state index is 10.6. The molecule has 0 bridgehead atoms. The smallest absolute Gasteiger partial charge is 0.317 e. The lowest BCUT2D eigenvalue weighted by molar-refractivity contribution is -0.145. The summed E-state index contributed by atoms with van der Waals surface area (Å²) < 4.78 is 10.4. The van der Waals surface area contributed by atoms with E-state index in [1.807, 2.05) is 0 Å². The lowest BCUT2D eigenvalue weighted by Crippen LogP contribution is -2.43. The number of hydrogen-bond acceptors (Lipinski definition) is 20. The molecule has 0 unspecified atom stereocenters. The number of rotatable bonds is 39. The van der Waals surface area contributed by atoms with E-state index < -0.39 is 131 Å². The van der Waals surface area contributed by atoms with Crippen LogP contribution in [0.5, 0.6) is 0 Å². The average molecular weight is 951 g/mol. The molecule has 0 fully saturated rings. The topological polar surface area (TPSA) is 468 Å². The van der Waals surface area contributed by atoms with Gasteiger partial charge in [0.05, 0.1) is 105 Å². The Labute approximate surface area is 369 Å². The molecule has 0 aliphatic rings. The molecule has 0 aliphatic carbocycles. The first-order valence-corrected chi connectivity index (χ1v) is 18.8. The zero-order valence-electron chi connectivity index (χ0n) is 35.1. The van der Waals surface area contributed by atoms with Crippen LogP contribution in [0.2, 0.25) is 0 Å². The van der Waals surface area contributed by atoms with Crippen LogP contribution in [0.25, 0.3) is 0 Å². The normalized spacial score (nSPS) is 10.9. The molecular weight excluding hydrogens is 892 g/mol. The van der Waals surface area contributed by atoms with Gasteiger partial charge in [-0.25, -0.2) is 0 Å². The number of aliphatic hydroxyl groups excluding tert-OH is 1. The van der Waals surface area contributed by atoms with Crippen LogP contribution in [0.3, 0.4) is 0 Å². The van der Waals surface area contributed by atoms with Crippen molar-refractivity contribution in [1.82, 2.24) is 29.4 Å². The first kappa shape index (κ1) is 63.1. The van der Waals surface area contributed by atoms with Gasteiger partial charge in [0.2, 0.25) is 0 Å². The van der Waals surface area contributed by atoms with Gasteiger partial charge in [-0.05, 0) is 0 Å². The molecule has 0 radical (unpaired) electrons. The van der Waals surface area contributed by atoms with Crippen molar-refractivity contribution in [2.45, 2.75) is 0 Å². The zero-order chi connectivity index (χ0) is 50.5. The number of ether oxygens (including phenoxy) is 2. The molecule has 0 atom stereocenters. The molecule has 31 heteroatoms. The number of nitrogens with zero attached hydrogens (tertiary/aromatic N) is 6. The number of hydrogen-bond donors (Lipinski definition) is 12. The third kappa shape index (κ3) is 47.1. The molecule has 0 spiro atoms. The summed E-state index contributed by atoms with van der Waals surface area (Å²) in [5, 5.41) is 104. The summed E-state index contributed by atoms with van der Waals surface area (Å²) in [4.78, 5) is 123. The fourth-order valence-corrected chi connectivity index (χ4v) is 4.86. The van der Waals surface area contributed by atoms with Gasteiger partial charge in [-0.3, -0.25) is 82.1 Å². The van der Waals surface area contributed by atoms with E-state index in [9.17, 15) is 52.7 Å². The molecule has 65 heavy (non-hydrogen) atoms. The predicted octanol–water partition coefficient (Wildman–Crippen LogP) is -6.27. The summed E-state index contributed by atoms with van der Waals surface area (Å²) in [7, 11) is 0. The molecule has 0 heterocycles. The summed E-state index contributed by atoms with van der Waals surface area (Å²) in [5.41, 5.74) is 0. The van der Waals surface area contributed by atoms with Crippen molar-refractivity contribution in [3.8, 4) is 0 Å². The molecule has 0 rings (SSSR count). The van der Waals surface area contributed by atoms with Crippen LogP contribution in [0.1, 0.15) is 0 Å². The first-order chi connectivity index (χ1) is 30.2. The van der Waals surface area contributed by atoms with Crippen molar-refractivity contribution < 1.29 is 123 Å². The molecule has 374 valence electrons. The van der Waals surface area contributed by atoms with E-state index in [1.54, 1.807) is 0 Å². The summed E-state index contributed by atoms with van der Waals surface area (Å²) in [5.74, 6) is -12.8. The Morgan fingerprint density at radius 3 is 0.600 bits per heavy atom. The summed E-state index contributed by atoms with van der Waals surface area (Å²) in [6.45, 7) is -4.07. The van der Waals surface area contributed by atoms with Crippen molar-refractivity contribution in [3.63, 3.8) is 0 Å². The summed E-state index contributed by atoms with van der Waals surface area (Å²) in [6, 6.07) is 0. The highest BCUT2D eigenvalue weighted by Crippen LogP contribution is 1.96. The van der Waals surface area contributed by atoms with Crippen LogP contribution in [0, 0.1) is 0 Å². The highest BCUT2D eigenvalue weighted by atomic mass is 16.5. The standard InChI is InChI=1S/C14H24N2O10.C10H16N2O8.C10H18N2O7/c17-11(18)7-15(8-12(19)20)1-3-25-5-6-26-4-2-16(9-13(21)22)10-14(23)24;13-7(14)3-11(4-8(15)16)1-2-12(5-9(17)18)6-10(19)20;13-4-3-11(5-8(14)15)1-2-12(6-9(16)17)7-10(18)19/h1-10H2,(H,17,18)(H,19,20)(H,21,22)(H,23,24);1-6H2,(H,13,14)(H,15,16)(H,17,18)(H,19,20);13H,1-7H2,(H,14,15)(H,16,17)(H,18,19). The quantitative estimate of drug-likeness (QED) is 0.0255. The number of carbonyl (C=O) groups is 11. The van der Waals surface area contributed by atoms with Gasteiger partial charge >= 0.3 is 65.7 Å². The van der Waals surface area contributed by atoms with E-state index in [0.29, 0.717) is 0 Å². The maximum atomic E-state index is 10.6. The molecule has 0 aliphatic heterocycles. The second-order valence-corrected chi connectivity index (χ2v) is 13.1. The molecule has 0 saturated heterocycles. The van der Waals surface area contributed by atoms with Crippen LogP contribution in [0.4, 0.5) is 0 Å². The minimum Gasteiger partial charge on any atom is -0.480 e. The lowest BCUT2D eigenvalue weighted by Gasteiger charge is -2.24. The Morgan fingerprint density at radius 2 is 0.415 bits per heavy atom. The van der Waals surface area contributed by atoms with Crippen LogP contribution < -0.4 is 0 Å². The molecule has 0 aromatic carbocycles. The highest BCUT2D eigenvalue weighted by molar-refractivity contribution is 5.75. The van der Waals surface area contributed by atoms with Crippen LogP contribution in [0.15, 0.2) is 0 Å². The Kier molecular flexibility index (Phi) is 37.2. The Hall–Kier alpha value is -6.19. The van der Waals surface area contributed by atoms with Gasteiger partial charge in [-0.15, -0.1) is 0 Å². The first-order valence-electron chi connectivity index (χ1n) is 18.8. The number of carboxylic acids is 11. The van der Waals surface area contributed by atoms with Crippen LogP contribution in [-0.4, -0.2) is 307 Å². The van der Waals surface area contributed by atoms with Gasteiger partial charge in [0, 0.05) is 45.8 Å². The van der Waals surface area contributed by atoms with Crippen molar-refractivity contribution >= 4 is 65.7 Å². The number of aliphatic carboxylic acids is 11. The second-order valence-electron chi connectivity index (χ2n) is 13.1. The van der Waals surface area contributed by atoms with Gasteiger partial charge in [-0.2, -0.15) is 0 Å². The van der Waals surface area contributed by atoms with E-state index >= 15 is 0 Å². The monoisotopic (exact) mass is 950 g/mol. The molecule has 31 nitrogen and oxygen atoms in total. The Balaban J connectivity index is -0.000000902. The molecule has 12 N–H and O–H groups in total. The van der Waals surface area contributed by atoms with Crippen molar-refractivity contribution in [1.29, 1.82) is 0 Å².